The van der Waals surface area contributed by atoms with E-state index in [4.69, 9.17) is 11.6 Å². The van der Waals surface area contributed by atoms with Crippen LogP contribution < -0.4 is 4.90 Å². The average Bonchev–Trinajstić information content (AvgIpc) is 2.97. The summed E-state index contributed by atoms with van der Waals surface area (Å²) in [5.74, 6) is 1.13. The van der Waals surface area contributed by atoms with Crippen LogP contribution in [0.15, 0.2) is 18.7 Å². The van der Waals surface area contributed by atoms with Gasteiger partial charge in [0.05, 0.1) is 0 Å². The van der Waals surface area contributed by atoms with Crippen LogP contribution in [0, 0.1) is 5.41 Å². The summed E-state index contributed by atoms with van der Waals surface area (Å²) in [7, 11) is 0. The van der Waals surface area contributed by atoms with E-state index >= 15 is 0 Å². The Balaban J connectivity index is 1.95. The van der Waals surface area contributed by atoms with E-state index in [2.05, 4.69) is 38.7 Å². The summed E-state index contributed by atoms with van der Waals surface area (Å²) in [5, 5.41) is 0.207. The smallest absolute Gasteiger partial charge is 0.241 e. The van der Waals surface area contributed by atoms with Gasteiger partial charge < -0.3 is 4.90 Å². The Morgan fingerprint density at radius 3 is 2.63 bits per heavy atom. The van der Waals surface area contributed by atoms with Gasteiger partial charge in [0.1, 0.15) is 6.33 Å². The van der Waals surface area contributed by atoms with Crippen LogP contribution in [0.4, 0.5) is 5.95 Å². The molecule has 1 saturated heterocycles. The highest BCUT2D eigenvalue weighted by atomic mass is 35.5. The lowest BCUT2D eigenvalue weighted by Crippen LogP contribution is -2.25. The Morgan fingerprint density at radius 1 is 1.21 bits per heavy atom. The van der Waals surface area contributed by atoms with Crippen molar-refractivity contribution in [3.63, 3.8) is 0 Å². The number of nitrogens with zero attached hydrogens (tertiary/aromatic N) is 6. The molecule has 0 saturated carbocycles. The van der Waals surface area contributed by atoms with Crippen LogP contribution >= 0.6 is 11.6 Å². The van der Waals surface area contributed by atoms with E-state index in [-0.39, 0.29) is 10.7 Å². The Kier molecular flexibility index (Phi) is 2.89. The number of hydrogen-bond donors (Lipinski definition) is 0. The summed E-state index contributed by atoms with van der Waals surface area (Å²) in [6.45, 7) is 6.35. The third-order valence-electron chi connectivity index (χ3n) is 3.28. The molecule has 2 aromatic heterocycles. The fourth-order valence-electron chi connectivity index (χ4n) is 2.25. The van der Waals surface area contributed by atoms with Crippen molar-refractivity contribution < 1.29 is 0 Å². The Morgan fingerprint density at radius 2 is 2.00 bits per heavy atom. The van der Waals surface area contributed by atoms with E-state index in [0.29, 0.717) is 11.9 Å². The Hall–Kier alpha value is -1.69. The first kappa shape index (κ1) is 12.3. The lowest BCUT2D eigenvalue weighted by molar-refractivity contribution is 0.418. The molecule has 0 N–H and O–H groups in total. The van der Waals surface area contributed by atoms with Crippen LogP contribution in [-0.2, 0) is 0 Å². The quantitative estimate of drug-likeness (QED) is 0.840. The van der Waals surface area contributed by atoms with Crippen LogP contribution in [0.5, 0.6) is 0 Å². The van der Waals surface area contributed by atoms with Gasteiger partial charge in [-0.2, -0.15) is 15.0 Å². The maximum atomic E-state index is 5.99. The van der Waals surface area contributed by atoms with Crippen molar-refractivity contribution in [2.45, 2.75) is 20.3 Å². The molecule has 0 atom stereocenters. The van der Waals surface area contributed by atoms with E-state index < -0.39 is 0 Å². The van der Waals surface area contributed by atoms with Gasteiger partial charge in [-0.05, 0) is 23.4 Å². The van der Waals surface area contributed by atoms with Crippen molar-refractivity contribution in [1.82, 2.24) is 24.5 Å². The summed E-state index contributed by atoms with van der Waals surface area (Å²) >= 11 is 5.99. The molecule has 0 unspecified atom stereocenters. The molecule has 7 heteroatoms. The molecule has 0 spiro atoms. The first-order chi connectivity index (χ1) is 9.03. The molecule has 0 bridgehead atoms. The maximum absolute atomic E-state index is 5.99. The fourth-order valence-corrected chi connectivity index (χ4v) is 2.40. The zero-order chi connectivity index (χ0) is 13.5. The summed E-state index contributed by atoms with van der Waals surface area (Å²) < 4.78 is 1.72. The lowest BCUT2D eigenvalue weighted by atomic mass is 9.93. The van der Waals surface area contributed by atoms with Gasteiger partial charge in [-0.1, -0.05) is 13.8 Å². The monoisotopic (exact) mass is 278 g/mol. The van der Waals surface area contributed by atoms with Crippen molar-refractivity contribution >= 4 is 17.5 Å². The second-order valence-corrected chi connectivity index (χ2v) is 5.85. The second-order valence-electron chi connectivity index (χ2n) is 5.51. The lowest BCUT2D eigenvalue weighted by Gasteiger charge is -2.19. The molecule has 1 aliphatic heterocycles. The number of imidazole rings is 1. The minimum absolute atomic E-state index is 0.207. The largest absolute Gasteiger partial charge is 0.340 e. The van der Waals surface area contributed by atoms with Crippen molar-refractivity contribution in [2.75, 3.05) is 18.0 Å². The average molecular weight is 279 g/mol. The predicted octanol–water partition coefficient (Wildman–Crippen LogP) is 1.95. The molecule has 100 valence electrons. The Labute approximate surface area is 116 Å². The number of aromatic nitrogens is 5. The minimum Gasteiger partial charge on any atom is -0.340 e. The molecular formula is C12H15ClN6. The predicted molar refractivity (Wildman–Crippen MR) is 72.6 cm³/mol. The second kappa shape index (κ2) is 4.45. The van der Waals surface area contributed by atoms with E-state index in [9.17, 15) is 0 Å². The fraction of sp³-hybridized carbons (Fsp3) is 0.500. The molecule has 0 radical (unpaired) electrons. The highest BCUT2D eigenvalue weighted by Crippen LogP contribution is 2.31. The van der Waals surface area contributed by atoms with Gasteiger partial charge in [0.2, 0.25) is 17.2 Å². The number of hydrogen-bond acceptors (Lipinski definition) is 5. The molecule has 0 aliphatic carbocycles. The topological polar surface area (TPSA) is 59.7 Å². The summed E-state index contributed by atoms with van der Waals surface area (Å²) in [6.07, 6.45) is 6.22. The van der Waals surface area contributed by atoms with E-state index in [1.54, 1.807) is 23.3 Å². The molecule has 1 aliphatic rings. The Bertz CT molecular complexity index is 580. The van der Waals surface area contributed by atoms with Crippen molar-refractivity contribution in [3.8, 4) is 5.95 Å². The third kappa shape index (κ3) is 2.53. The van der Waals surface area contributed by atoms with Gasteiger partial charge >= 0.3 is 0 Å². The molecule has 3 rings (SSSR count). The third-order valence-corrected chi connectivity index (χ3v) is 3.45. The summed E-state index contributed by atoms with van der Waals surface area (Å²) in [6, 6.07) is 0. The number of rotatable bonds is 2. The van der Waals surface area contributed by atoms with Gasteiger partial charge in [0, 0.05) is 25.5 Å². The zero-order valence-corrected chi connectivity index (χ0v) is 11.7. The van der Waals surface area contributed by atoms with Crippen LogP contribution in [0.25, 0.3) is 5.95 Å². The van der Waals surface area contributed by atoms with Crippen LogP contribution in [0.3, 0.4) is 0 Å². The van der Waals surface area contributed by atoms with Gasteiger partial charge in [0.15, 0.2) is 0 Å². The molecule has 6 nitrogen and oxygen atoms in total. The maximum Gasteiger partial charge on any atom is 0.241 e. The number of halogens is 1. The van der Waals surface area contributed by atoms with Crippen molar-refractivity contribution in [3.05, 3.63) is 24.0 Å². The first-order valence-corrected chi connectivity index (χ1v) is 6.56. The standard InChI is InChI=1S/C12H15ClN6/c1-12(2)3-5-18(7-12)10-15-9(13)16-11(17-10)19-6-4-14-8-19/h4,6,8H,3,5,7H2,1-2H3. The van der Waals surface area contributed by atoms with E-state index in [1.165, 1.54) is 0 Å². The highest BCUT2D eigenvalue weighted by Gasteiger charge is 2.31. The van der Waals surface area contributed by atoms with Gasteiger partial charge in [-0.25, -0.2) is 4.98 Å². The van der Waals surface area contributed by atoms with Crippen LogP contribution in [0.1, 0.15) is 20.3 Å². The molecule has 2 aromatic rings. The summed E-state index contributed by atoms with van der Waals surface area (Å²) in [5.41, 5.74) is 0.286. The molecule has 19 heavy (non-hydrogen) atoms. The van der Waals surface area contributed by atoms with E-state index in [0.717, 1.165) is 19.5 Å². The van der Waals surface area contributed by atoms with Gasteiger partial charge in [0.25, 0.3) is 0 Å². The van der Waals surface area contributed by atoms with Gasteiger partial charge in [-0.3, -0.25) is 4.57 Å². The molecule has 0 aromatic carbocycles. The molecule has 0 amide bonds. The van der Waals surface area contributed by atoms with Crippen LogP contribution in [-0.4, -0.2) is 37.6 Å². The van der Waals surface area contributed by atoms with Gasteiger partial charge in [-0.15, -0.1) is 0 Å². The SMILES string of the molecule is CC1(C)CCN(c2nc(Cl)nc(-n3ccnc3)n2)C1. The highest BCUT2D eigenvalue weighted by molar-refractivity contribution is 6.28. The zero-order valence-electron chi connectivity index (χ0n) is 10.9. The molecule has 3 heterocycles. The number of anilines is 1. The molecular weight excluding hydrogens is 264 g/mol. The van der Waals surface area contributed by atoms with Crippen molar-refractivity contribution in [2.24, 2.45) is 5.41 Å². The molecule has 1 fully saturated rings. The first-order valence-electron chi connectivity index (χ1n) is 6.18. The van der Waals surface area contributed by atoms with Crippen molar-refractivity contribution in [1.29, 1.82) is 0 Å². The normalized spacial score (nSPS) is 17.9. The minimum atomic E-state index is 0.207. The van der Waals surface area contributed by atoms with Crippen LogP contribution in [0.2, 0.25) is 5.28 Å². The summed E-state index contributed by atoms with van der Waals surface area (Å²) in [4.78, 5) is 18.9. The van der Waals surface area contributed by atoms with E-state index in [1.807, 2.05) is 0 Å².